The van der Waals surface area contributed by atoms with Crippen molar-refractivity contribution in [3.8, 4) is 0 Å². The maximum atomic E-state index is 13.0. The summed E-state index contributed by atoms with van der Waals surface area (Å²) >= 11 is 3.41. The second kappa shape index (κ2) is 8.01. The summed E-state index contributed by atoms with van der Waals surface area (Å²) in [6, 6.07) is 16.0. The predicted octanol–water partition coefficient (Wildman–Crippen LogP) is 5.67. The maximum Gasteiger partial charge on any atom is 0.287 e. The second-order valence-corrected chi connectivity index (χ2v) is 9.23. The SMILES string of the molecule is Cc1ccn2cc(CNC(=O)c3oc4ccccc4c3CSc3cccs3)nc2c1. The molecule has 0 saturated heterocycles. The van der Waals surface area contributed by atoms with Gasteiger partial charge in [0.05, 0.1) is 16.4 Å². The molecule has 1 N–H and O–H groups in total. The molecular formula is C23H19N3O2S2. The summed E-state index contributed by atoms with van der Waals surface area (Å²) in [5, 5.41) is 6.01. The van der Waals surface area contributed by atoms with Gasteiger partial charge in [0, 0.05) is 29.1 Å². The van der Waals surface area contributed by atoms with Crippen LogP contribution in [-0.2, 0) is 12.3 Å². The Labute approximate surface area is 181 Å². The van der Waals surface area contributed by atoms with Gasteiger partial charge in [-0.15, -0.1) is 23.1 Å². The summed E-state index contributed by atoms with van der Waals surface area (Å²) in [5.41, 5.74) is 4.48. The van der Waals surface area contributed by atoms with Gasteiger partial charge in [-0.05, 0) is 42.1 Å². The molecule has 0 spiro atoms. The highest BCUT2D eigenvalue weighted by atomic mass is 32.2. The zero-order valence-corrected chi connectivity index (χ0v) is 17.9. The van der Waals surface area contributed by atoms with Crippen LogP contribution in [0.15, 0.2) is 74.9 Å². The van der Waals surface area contributed by atoms with Crippen molar-refractivity contribution in [2.24, 2.45) is 0 Å². The summed E-state index contributed by atoms with van der Waals surface area (Å²) < 4.78 is 9.12. The fourth-order valence-electron chi connectivity index (χ4n) is 3.39. The van der Waals surface area contributed by atoms with Crippen LogP contribution in [0.3, 0.4) is 0 Å². The summed E-state index contributed by atoms with van der Waals surface area (Å²) in [6.45, 7) is 2.38. The van der Waals surface area contributed by atoms with Crippen molar-refractivity contribution >= 4 is 45.6 Å². The summed E-state index contributed by atoms with van der Waals surface area (Å²) in [4.78, 5) is 17.6. The number of hydrogen-bond acceptors (Lipinski definition) is 5. The molecule has 4 aromatic heterocycles. The molecule has 0 unspecified atom stereocenters. The molecule has 0 saturated carbocycles. The lowest BCUT2D eigenvalue weighted by Gasteiger charge is -2.04. The van der Waals surface area contributed by atoms with Crippen molar-refractivity contribution in [2.45, 2.75) is 23.4 Å². The number of fused-ring (bicyclic) bond motifs is 2. The number of carbonyl (C=O) groups excluding carboxylic acids is 1. The van der Waals surface area contributed by atoms with E-state index in [0.29, 0.717) is 18.1 Å². The number of amides is 1. The Morgan fingerprint density at radius 3 is 3.00 bits per heavy atom. The number of aromatic nitrogens is 2. The van der Waals surface area contributed by atoms with Crippen LogP contribution in [0, 0.1) is 6.92 Å². The average molecular weight is 434 g/mol. The lowest BCUT2D eigenvalue weighted by Crippen LogP contribution is -2.23. The van der Waals surface area contributed by atoms with Crippen molar-refractivity contribution in [3.63, 3.8) is 0 Å². The van der Waals surface area contributed by atoms with E-state index in [-0.39, 0.29) is 5.91 Å². The van der Waals surface area contributed by atoms with E-state index < -0.39 is 0 Å². The highest BCUT2D eigenvalue weighted by Gasteiger charge is 2.21. The molecule has 30 heavy (non-hydrogen) atoms. The van der Waals surface area contributed by atoms with Crippen molar-refractivity contribution in [1.82, 2.24) is 14.7 Å². The van der Waals surface area contributed by atoms with E-state index in [1.54, 1.807) is 23.1 Å². The number of nitrogens with one attached hydrogen (secondary N) is 1. The van der Waals surface area contributed by atoms with E-state index in [1.807, 2.05) is 66.2 Å². The molecule has 0 bridgehead atoms. The van der Waals surface area contributed by atoms with Crippen LogP contribution in [0.4, 0.5) is 0 Å². The molecule has 0 atom stereocenters. The Morgan fingerprint density at radius 2 is 2.13 bits per heavy atom. The normalized spacial score (nSPS) is 11.4. The van der Waals surface area contributed by atoms with Crippen LogP contribution in [0.1, 0.15) is 27.4 Å². The molecule has 1 aromatic carbocycles. The lowest BCUT2D eigenvalue weighted by molar-refractivity contribution is 0.0924. The molecule has 150 valence electrons. The molecule has 5 aromatic rings. The van der Waals surface area contributed by atoms with Crippen LogP contribution >= 0.6 is 23.1 Å². The van der Waals surface area contributed by atoms with Gasteiger partial charge in [0.15, 0.2) is 5.76 Å². The number of hydrogen-bond donors (Lipinski definition) is 1. The van der Waals surface area contributed by atoms with Gasteiger partial charge >= 0.3 is 0 Å². The minimum Gasteiger partial charge on any atom is -0.451 e. The van der Waals surface area contributed by atoms with Gasteiger partial charge in [0.1, 0.15) is 11.2 Å². The van der Waals surface area contributed by atoms with Gasteiger partial charge in [0.2, 0.25) is 0 Å². The Kier molecular flexibility index (Phi) is 5.06. The van der Waals surface area contributed by atoms with Crippen LogP contribution in [-0.4, -0.2) is 15.3 Å². The first-order valence-electron chi connectivity index (χ1n) is 9.56. The molecule has 5 nitrogen and oxygen atoms in total. The molecule has 0 fully saturated rings. The molecule has 0 radical (unpaired) electrons. The van der Waals surface area contributed by atoms with E-state index in [9.17, 15) is 4.79 Å². The number of para-hydroxylation sites is 1. The lowest BCUT2D eigenvalue weighted by atomic mass is 10.1. The number of benzene rings is 1. The van der Waals surface area contributed by atoms with E-state index in [1.165, 1.54) is 4.21 Å². The number of rotatable bonds is 6. The fraction of sp³-hybridized carbons (Fsp3) is 0.130. The third kappa shape index (κ3) is 3.74. The third-order valence-electron chi connectivity index (χ3n) is 4.85. The standard InChI is InChI=1S/C23H19N3O2S2/c1-15-8-9-26-13-16(25-20(26)11-15)12-24-23(27)22-18(14-30-21-7-4-10-29-21)17-5-2-3-6-19(17)28-22/h2-11,13H,12,14H2,1H3,(H,24,27). The Hall–Kier alpha value is -3.03. The predicted molar refractivity (Wildman–Crippen MR) is 121 cm³/mol. The smallest absolute Gasteiger partial charge is 0.287 e. The topological polar surface area (TPSA) is 59.5 Å². The number of furan rings is 1. The molecule has 0 aliphatic rings. The monoisotopic (exact) mass is 433 g/mol. The van der Waals surface area contributed by atoms with Crippen molar-refractivity contribution in [2.75, 3.05) is 0 Å². The van der Waals surface area contributed by atoms with Gasteiger partial charge in [-0.1, -0.05) is 24.3 Å². The summed E-state index contributed by atoms with van der Waals surface area (Å²) in [6.07, 6.45) is 3.91. The van der Waals surface area contributed by atoms with Gasteiger partial charge in [-0.3, -0.25) is 4.79 Å². The Bertz CT molecular complexity index is 1340. The Balaban J connectivity index is 1.38. The van der Waals surface area contributed by atoms with E-state index >= 15 is 0 Å². The van der Waals surface area contributed by atoms with Crippen LogP contribution in [0.5, 0.6) is 0 Å². The Morgan fingerprint density at radius 1 is 1.23 bits per heavy atom. The molecule has 0 aliphatic carbocycles. The van der Waals surface area contributed by atoms with Gasteiger partial charge in [0.25, 0.3) is 5.91 Å². The fourth-order valence-corrected chi connectivity index (χ4v) is 5.20. The number of nitrogens with zero attached hydrogens (tertiary/aromatic N) is 2. The van der Waals surface area contributed by atoms with Crippen LogP contribution < -0.4 is 5.32 Å². The number of thiophene rings is 1. The highest BCUT2D eigenvalue weighted by Crippen LogP contribution is 2.33. The van der Waals surface area contributed by atoms with Gasteiger partial charge in [-0.25, -0.2) is 4.98 Å². The molecular weight excluding hydrogens is 414 g/mol. The van der Waals surface area contributed by atoms with Crippen molar-refractivity contribution in [1.29, 1.82) is 0 Å². The highest BCUT2D eigenvalue weighted by molar-refractivity contribution is 8.00. The zero-order valence-electron chi connectivity index (χ0n) is 16.3. The molecule has 5 rings (SSSR count). The third-order valence-corrected chi connectivity index (χ3v) is 7.01. The molecule has 4 heterocycles. The molecule has 7 heteroatoms. The minimum atomic E-state index is -0.221. The van der Waals surface area contributed by atoms with Crippen molar-refractivity contribution < 1.29 is 9.21 Å². The average Bonchev–Trinajstić information content (AvgIpc) is 3.48. The first-order chi connectivity index (χ1) is 14.7. The first-order valence-corrected chi connectivity index (χ1v) is 11.4. The number of aryl methyl sites for hydroxylation is 1. The first kappa shape index (κ1) is 19.0. The van der Waals surface area contributed by atoms with Gasteiger partial charge < -0.3 is 14.1 Å². The van der Waals surface area contributed by atoms with Crippen molar-refractivity contribution in [3.05, 3.63) is 88.9 Å². The van der Waals surface area contributed by atoms with E-state index in [2.05, 4.69) is 21.7 Å². The zero-order chi connectivity index (χ0) is 20.5. The van der Waals surface area contributed by atoms with Gasteiger partial charge in [-0.2, -0.15) is 0 Å². The van der Waals surface area contributed by atoms with Crippen LogP contribution in [0.2, 0.25) is 0 Å². The van der Waals surface area contributed by atoms with E-state index in [4.69, 9.17) is 4.42 Å². The quantitative estimate of drug-likeness (QED) is 0.350. The number of carbonyl (C=O) groups is 1. The number of pyridine rings is 1. The van der Waals surface area contributed by atoms with E-state index in [0.717, 1.165) is 33.4 Å². The number of thioether (sulfide) groups is 1. The number of imidazole rings is 1. The van der Waals surface area contributed by atoms with Crippen LogP contribution in [0.25, 0.3) is 16.6 Å². The molecule has 0 aliphatic heterocycles. The largest absolute Gasteiger partial charge is 0.451 e. The molecule has 1 amide bonds. The minimum absolute atomic E-state index is 0.221. The summed E-state index contributed by atoms with van der Waals surface area (Å²) in [7, 11) is 0. The maximum absolute atomic E-state index is 13.0. The second-order valence-electron chi connectivity index (χ2n) is 7.01. The summed E-state index contributed by atoms with van der Waals surface area (Å²) in [5.74, 6) is 0.828.